The van der Waals surface area contributed by atoms with E-state index in [1.807, 2.05) is 78.9 Å². The summed E-state index contributed by atoms with van der Waals surface area (Å²) in [4.78, 5) is 32.7. The number of carboxylic acid groups (broad SMARTS) is 2. The lowest BCUT2D eigenvalue weighted by atomic mass is 10.2. The van der Waals surface area contributed by atoms with Crippen molar-refractivity contribution in [3.05, 3.63) is 138 Å². The molecule has 0 aliphatic heterocycles. The maximum atomic E-state index is 11.0. The van der Waals surface area contributed by atoms with Crippen LogP contribution in [0.3, 0.4) is 0 Å². The van der Waals surface area contributed by atoms with Crippen molar-refractivity contribution < 1.29 is 39.0 Å². The fourth-order valence-corrected chi connectivity index (χ4v) is 3.58. The van der Waals surface area contributed by atoms with Gasteiger partial charge in [-0.25, -0.2) is 9.59 Å². The summed E-state index contributed by atoms with van der Waals surface area (Å²) >= 11 is 0. The van der Waals surface area contributed by atoms with Crippen molar-refractivity contribution in [2.45, 2.75) is 13.2 Å². The Bertz CT molecular complexity index is 1540. The van der Waals surface area contributed by atoms with Crippen molar-refractivity contribution in [3.63, 3.8) is 0 Å². The van der Waals surface area contributed by atoms with Crippen LogP contribution >= 0.6 is 0 Å². The van der Waals surface area contributed by atoms with Crippen molar-refractivity contribution in [1.82, 2.24) is 9.46 Å². The highest BCUT2D eigenvalue weighted by molar-refractivity contribution is 5.86. The Morgan fingerprint density at radius 2 is 1.02 bits per heavy atom. The summed E-state index contributed by atoms with van der Waals surface area (Å²) < 4.78 is 13.2. The molecule has 2 N–H and O–H groups in total. The number of ether oxygens (including phenoxy) is 2. The maximum Gasteiger partial charge on any atom is 0.355 e. The summed E-state index contributed by atoms with van der Waals surface area (Å²) in [5.41, 5.74) is 2.04. The molecule has 0 fully saturated rings. The number of hydrogen-bond donors (Lipinski definition) is 2. The molecule has 0 amide bonds. The van der Waals surface area contributed by atoms with E-state index < -0.39 is 11.9 Å². The van der Waals surface area contributed by atoms with Crippen LogP contribution in [0.25, 0.3) is 0 Å². The molecule has 41 heavy (non-hydrogen) atoms. The Balaban J connectivity index is 0.000000195. The van der Waals surface area contributed by atoms with E-state index >= 15 is 0 Å². The number of rotatable bonds is 11. The minimum absolute atomic E-state index is 0.0917. The molecule has 10 heteroatoms. The second-order valence-corrected chi connectivity index (χ2v) is 8.50. The van der Waals surface area contributed by atoms with Gasteiger partial charge in [0.15, 0.2) is 11.4 Å². The van der Waals surface area contributed by atoms with E-state index in [1.54, 1.807) is 31.6 Å². The standard InChI is InChI=1S/C18H15NO4.C13H13NO4/c20-18(21)17-7-4-12-19(17)22-13-14-8-10-16(11-9-14)23-15-5-2-1-3-6-15;1-17-11-6-4-10(5-7-11)9-18-14-8-2-3-12(14)13(15)16/h1-12H,13H2,(H,20,21);2-8H,9H2,1H3,(H,15,16). The van der Waals surface area contributed by atoms with E-state index in [1.165, 1.54) is 21.6 Å². The van der Waals surface area contributed by atoms with Gasteiger partial charge >= 0.3 is 11.9 Å². The first-order valence-electron chi connectivity index (χ1n) is 12.5. The molecular formula is C31H28N2O8. The lowest BCUT2D eigenvalue weighted by Crippen LogP contribution is -2.16. The first-order chi connectivity index (χ1) is 19.9. The Kier molecular flexibility index (Phi) is 9.65. The van der Waals surface area contributed by atoms with Gasteiger partial charge in [0, 0.05) is 12.4 Å². The van der Waals surface area contributed by atoms with Crippen molar-refractivity contribution in [3.8, 4) is 17.2 Å². The Labute approximate surface area is 236 Å². The summed E-state index contributed by atoms with van der Waals surface area (Å²) in [7, 11) is 1.60. The minimum Gasteiger partial charge on any atom is -0.497 e. The largest absolute Gasteiger partial charge is 0.497 e. The zero-order valence-electron chi connectivity index (χ0n) is 22.1. The van der Waals surface area contributed by atoms with Crippen LogP contribution in [0.2, 0.25) is 0 Å². The van der Waals surface area contributed by atoms with Crippen molar-refractivity contribution in [1.29, 1.82) is 0 Å². The van der Waals surface area contributed by atoms with Crippen molar-refractivity contribution in [2.75, 3.05) is 7.11 Å². The molecule has 5 aromatic rings. The first-order valence-corrected chi connectivity index (χ1v) is 12.5. The van der Waals surface area contributed by atoms with Crippen molar-refractivity contribution in [2.24, 2.45) is 0 Å². The van der Waals surface area contributed by atoms with E-state index in [0.29, 0.717) is 6.61 Å². The molecule has 2 heterocycles. The van der Waals surface area contributed by atoms with E-state index in [-0.39, 0.29) is 18.0 Å². The quantitative estimate of drug-likeness (QED) is 0.221. The molecule has 0 radical (unpaired) electrons. The van der Waals surface area contributed by atoms with Crippen LogP contribution in [0.1, 0.15) is 32.1 Å². The summed E-state index contributed by atoms with van der Waals surface area (Å²) in [5, 5.41) is 17.9. The number of para-hydroxylation sites is 1. The Morgan fingerprint density at radius 1 is 0.585 bits per heavy atom. The first kappa shape index (κ1) is 28.4. The van der Waals surface area contributed by atoms with Gasteiger partial charge in [0.1, 0.15) is 30.5 Å². The average Bonchev–Trinajstić information content (AvgIpc) is 3.67. The Morgan fingerprint density at radius 3 is 1.46 bits per heavy atom. The van der Waals surface area contributed by atoms with Gasteiger partial charge < -0.3 is 29.4 Å². The number of carbonyl (C=O) groups is 2. The van der Waals surface area contributed by atoms with Crippen LogP contribution in [0.5, 0.6) is 17.2 Å². The summed E-state index contributed by atoms with van der Waals surface area (Å²) in [5.74, 6) is 0.226. The molecule has 0 saturated heterocycles. The molecule has 0 saturated carbocycles. The minimum atomic E-state index is -1.03. The smallest absolute Gasteiger partial charge is 0.355 e. The lowest BCUT2D eigenvalue weighted by Gasteiger charge is -2.10. The third kappa shape index (κ3) is 8.17. The SMILES string of the molecule is COc1ccc(COn2cccc2C(=O)O)cc1.O=C(O)c1cccn1OCc1ccc(Oc2ccccc2)cc1. The number of aromatic nitrogens is 2. The van der Waals surface area contributed by atoms with E-state index in [9.17, 15) is 9.59 Å². The predicted octanol–water partition coefficient (Wildman–Crippen LogP) is 5.43. The molecule has 0 bridgehead atoms. The van der Waals surface area contributed by atoms with Crippen LogP contribution in [0.15, 0.2) is 116 Å². The molecule has 0 atom stereocenters. The fraction of sp³-hybridized carbons (Fsp3) is 0.0968. The average molecular weight is 557 g/mol. The molecule has 0 aliphatic rings. The highest BCUT2D eigenvalue weighted by Crippen LogP contribution is 2.21. The normalized spacial score (nSPS) is 10.2. The van der Waals surface area contributed by atoms with Gasteiger partial charge in [-0.3, -0.25) is 0 Å². The number of aromatic carboxylic acids is 2. The topological polar surface area (TPSA) is 121 Å². The molecule has 0 unspecified atom stereocenters. The highest BCUT2D eigenvalue weighted by atomic mass is 16.7. The highest BCUT2D eigenvalue weighted by Gasteiger charge is 2.10. The Hall–Kier alpha value is -5.64. The summed E-state index contributed by atoms with van der Waals surface area (Å²) in [6.07, 6.45) is 3.13. The lowest BCUT2D eigenvalue weighted by molar-refractivity contribution is 0.0558. The molecule has 0 aliphatic carbocycles. The summed E-state index contributed by atoms with van der Waals surface area (Å²) in [6, 6.07) is 30.6. The van der Waals surface area contributed by atoms with E-state index in [4.69, 9.17) is 29.4 Å². The number of nitrogens with zero attached hydrogens (tertiary/aromatic N) is 2. The predicted molar refractivity (Wildman–Crippen MR) is 149 cm³/mol. The van der Waals surface area contributed by atoms with E-state index in [2.05, 4.69) is 0 Å². The monoisotopic (exact) mass is 556 g/mol. The van der Waals surface area contributed by atoms with Crippen LogP contribution in [0.4, 0.5) is 0 Å². The van der Waals surface area contributed by atoms with Crippen LogP contribution < -0.4 is 19.1 Å². The van der Waals surface area contributed by atoms with Gasteiger partial charge in [-0.05, 0) is 71.8 Å². The van der Waals surface area contributed by atoms with Gasteiger partial charge in [-0.1, -0.05) is 42.5 Å². The van der Waals surface area contributed by atoms with Gasteiger partial charge in [-0.15, -0.1) is 0 Å². The molecule has 5 rings (SSSR count). The van der Waals surface area contributed by atoms with Gasteiger partial charge in [-0.2, -0.15) is 9.46 Å². The second-order valence-electron chi connectivity index (χ2n) is 8.50. The second kappa shape index (κ2) is 13.9. The maximum absolute atomic E-state index is 11.0. The molecule has 210 valence electrons. The number of carboxylic acids is 2. The van der Waals surface area contributed by atoms with E-state index in [0.717, 1.165) is 28.4 Å². The number of benzene rings is 3. The van der Waals surface area contributed by atoms with Crippen LogP contribution in [0, 0.1) is 0 Å². The molecular weight excluding hydrogens is 528 g/mol. The van der Waals surface area contributed by atoms with Gasteiger partial charge in [0.2, 0.25) is 0 Å². The fourth-order valence-electron chi connectivity index (χ4n) is 3.58. The molecule has 3 aromatic carbocycles. The zero-order chi connectivity index (χ0) is 29.0. The van der Waals surface area contributed by atoms with Gasteiger partial charge in [0.05, 0.1) is 7.11 Å². The van der Waals surface area contributed by atoms with Crippen LogP contribution in [-0.4, -0.2) is 38.7 Å². The number of methoxy groups -OCH3 is 1. The van der Waals surface area contributed by atoms with Crippen LogP contribution in [-0.2, 0) is 13.2 Å². The molecule has 10 nitrogen and oxygen atoms in total. The third-order valence-corrected chi connectivity index (χ3v) is 5.67. The van der Waals surface area contributed by atoms with Gasteiger partial charge in [0.25, 0.3) is 0 Å². The summed E-state index contributed by atoms with van der Waals surface area (Å²) in [6.45, 7) is 0.555. The molecule has 0 spiro atoms. The molecule has 2 aromatic heterocycles. The third-order valence-electron chi connectivity index (χ3n) is 5.67. The van der Waals surface area contributed by atoms with Crippen molar-refractivity contribution >= 4 is 11.9 Å². The zero-order valence-corrected chi connectivity index (χ0v) is 22.1. The number of hydrogen-bond acceptors (Lipinski definition) is 6.